The third-order valence-electron chi connectivity index (χ3n) is 5.25. The standard InChI is InChI=1S/C16H31N3O/c1-3-18(4-2)14-9-10-19(12-14)16(20)11-13-7-5-6-8-15(13)17/h13-15H,3-12,17H2,1-2H3. The molecule has 1 saturated heterocycles. The van der Waals surface area contributed by atoms with Crippen molar-refractivity contribution in [2.45, 2.75) is 64.5 Å². The van der Waals surface area contributed by atoms with Gasteiger partial charge in [-0.2, -0.15) is 0 Å². The SMILES string of the molecule is CCN(CC)C1CCN(C(=O)CC2CCCCC2N)C1. The van der Waals surface area contributed by atoms with Gasteiger partial charge in [-0.25, -0.2) is 0 Å². The van der Waals surface area contributed by atoms with Crippen LogP contribution < -0.4 is 5.73 Å². The monoisotopic (exact) mass is 281 g/mol. The van der Waals surface area contributed by atoms with Gasteiger partial charge in [0.15, 0.2) is 0 Å². The summed E-state index contributed by atoms with van der Waals surface area (Å²) in [7, 11) is 0. The summed E-state index contributed by atoms with van der Waals surface area (Å²) >= 11 is 0. The molecule has 4 heteroatoms. The smallest absolute Gasteiger partial charge is 0.222 e. The quantitative estimate of drug-likeness (QED) is 0.836. The third kappa shape index (κ3) is 3.73. The lowest BCUT2D eigenvalue weighted by Crippen LogP contribution is -2.40. The van der Waals surface area contributed by atoms with Crippen molar-refractivity contribution in [3.8, 4) is 0 Å². The second-order valence-corrected chi connectivity index (χ2v) is 6.42. The Labute approximate surface area is 123 Å². The van der Waals surface area contributed by atoms with Crippen LogP contribution in [0.5, 0.6) is 0 Å². The summed E-state index contributed by atoms with van der Waals surface area (Å²) < 4.78 is 0. The fourth-order valence-corrected chi connectivity index (χ4v) is 3.85. The average Bonchev–Trinajstić information content (AvgIpc) is 2.92. The minimum Gasteiger partial charge on any atom is -0.341 e. The molecule has 2 N–H and O–H groups in total. The highest BCUT2D eigenvalue weighted by molar-refractivity contribution is 5.76. The summed E-state index contributed by atoms with van der Waals surface area (Å²) in [5, 5.41) is 0. The first-order valence-corrected chi connectivity index (χ1v) is 8.43. The van der Waals surface area contributed by atoms with Crippen molar-refractivity contribution in [3.63, 3.8) is 0 Å². The molecule has 0 bridgehead atoms. The van der Waals surface area contributed by atoms with Gasteiger partial charge in [-0.15, -0.1) is 0 Å². The Balaban J connectivity index is 1.81. The van der Waals surface area contributed by atoms with Crippen molar-refractivity contribution in [2.24, 2.45) is 11.7 Å². The molecular weight excluding hydrogens is 250 g/mol. The Morgan fingerprint density at radius 1 is 1.20 bits per heavy atom. The van der Waals surface area contributed by atoms with Crippen LogP contribution in [0.2, 0.25) is 0 Å². The summed E-state index contributed by atoms with van der Waals surface area (Å²) in [6.07, 6.45) is 6.52. The highest BCUT2D eigenvalue weighted by atomic mass is 16.2. The van der Waals surface area contributed by atoms with Gasteiger partial charge in [-0.05, 0) is 38.3 Å². The molecule has 2 rings (SSSR count). The topological polar surface area (TPSA) is 49.6 Å². The van der Waals surface area contributed by atoms with Crippen LogP contribution in [0, 0.1) is 5.92 Å². The fourth-order valence-electron chi connectivity index (χ4n) is 3.85. The Hall–Kier alpha value is -0.610. The lowest BCUT2D eigenvalue weighted by atomic mass is 9.83. The number of carbonyl (C=O) groups excluding carboxylic acids is 1. The second-order valence-electron chi connectivity index (χ2n) is 6.42. The maximum Gasteiger partial charge on any atom is 0.222 e. The van der Waals surface area contributed by atoms with E-state index in [0.717, 1.165) is 45.4 Å². The molecule has 2 aliphatic rings. The van der Waals surface area contributed by atoms with E-state index in [0.29, 0.717) is 24.3 Å². The first-order valence-electron chi connectivity index (χ1n) is 8.43. The van der Waals surface area contributed by atoms with Crippen molar-refractivity contribution >= 4 is 5.91 Å². The Morgan fingerprint density at radius 2 is 1.90 bits per heavy atom. The van der Waals surface area contributed by atoms with Gasteiger partial charge < -0.3 is 10.6 Å². The number of hydrogen-bond acceptors (Lipinski definition) is 3. The Kier molecular flexibility index (Phi) is 5.85. The van der Waals surface area contributed by atoms with Crippen LogP contribution in [0.4, 0.5) is 0 Å². The zero-order valence-electron chi connectivity index (χ0n) is 13.2. The van der Waals surface area contributed by atoms with Gasteiger partial charge in [0.2, 0.25) is 5.91 Å². The number of rotatable bonds is 5. The highest BCUT2D eigenvalue weighted by Crippen LogP contribution is 2.27. The van der Waals surface area contributed by atoms with E-state index >= 15 is 0 Å². The third-order valence-corrected chi connectivity index (χ3v) is 5.25. The van der Waals surface area contributed by atoms with E-state index in [2.05, 4.69) is 23.6 Å². The van der Waals surface area contributed by atoms with Crippen LogP contribution in [0.15, 0.2) is 0 Å². The lowest BCUT2D eigenvalue weighted by Gasteiger charge is -2.30. The number of likely N-dealkylation sites (tertiary alicyclic amines) is 1. The van der Waals surface area contributed by atoms with Crippen LogP contribution in [0.3, 0.4) is 0 Å². The number of amides is 1. The molecule has 2 fully saturated rings. The number of likely N-dealkylation sites (N-methyl/N-ethyl adjacent to an activating group) is 1. The molecule has 3 atom stereocenters. The van der Waals surface area contributed by atoms with Crippen LogP contribution in [0.1, 0.15) is 52.4 Å². The molecule has 0 aromatic rings. The molecule has 1 amide bonds. The molecule has 116 valence electrons. The first-order chi connectivity index (χ1) is 9.65. The molecule has 20 heavy (non-hydrogen) atoms. The zero-order chi connectivity index (χ0) is 14.5. The molecule has 0 aromatic carbocycles. The molecule has 0 aromatic heterocycles. The largest absolute Gasteiger partial charge is 0.341 e. The number of nitrogens with zero attached hydrogens (tertiary/aromatic N) is 2. The molecule has 1 saturated carbocycles. The van der Waals surface area contributed by atoms with Gasteiger partial charge in [0.25, 0.3) is 0 Å². The Morgan fingerprint density at radius 3 is 2.55 bits per heavy atom. The van der Waals surface area contributed by atoms with E-state index in [1.165, 1.54) is 12.8 Å². The summed E-state index contributed by atoms with van der Waals surface area (Å²) in [5.74, 6) is 0.755. The summed E-state index contributed by atoms with van der Waals surface area (Å²) in [6.45, 7) is 8.42. The number of hydrogen-bond donors (Lipinski definition) is 1. The van der Waals surface area contributed by atoms with Crippen molar-refractivity contribution < 1.29 is 4.79 Å². The minimum atomic E-state index is 0.244. The van der Waals surface area contributed by atoms with Gasteiger partial charge in [-0.3, -0.25) is 9.69 Å². The molecule has 1 aliphatic carbocycles. The zero-order valence-corrected chi connectivity index (χ0v) is 13.2. The van der Waals surface area contributed by atoms with Crippen LogP contribution >= 0.6 is 0 Å². The fraction of sp³-hybridized carbons (Fsp3) is 0.938. The summed E-state index contributed by atoms with van der Waals surface area (Å²) in [5.41, 5.74) is 6.17. The van der Waals surface area contributed by atoms with E-state index < -0.39 is 0 Å². The second kappa shape index (κ2) is 7.41. The number of nitrogens with two attached hydrogens (primary N) is 1. The van der Waals surface area contributed by atoms with Gasteiger partial charge in [0.05, 0.1) is 0 Å². The molecule has 3 unspecified atom stereocenters. The maximum absolute atomic E-state index is 12.5. The van der Waals surface area contributed by atoms with Gasteiger partial charge in [-0.1, -0.05) is 26.7 Å². The summed E-state index contributed by atoms with van der Waals surface area (Å²) in [4.78, 5) is 17.0. The van der Waals surface area contributed by atoms with Crippen LogP contribution in [0.25, 0.3) is 0 Å². The predicted molar refractivity (Wildman–Crippen MR) is 82.5 cm³/mol. The first kappa shape index (κ1) is 15.8. The van der Waals surface area contributed by atoms with Crippen LogP contribution in [-0.2, 0) is 4.79 Å². The van der Waals surface area contributed by atoms with Gasteiger partial charge in [0.1, 0.15) is 0 Å². The van der Waals surface area contributed by atoms with Crippen LogP contribution in [-0.4, -0.2) is 54.0 Å². The summed E-state index contributed by atoms with van der Waals surface area (Å²) in [6, 6.07) is 0.808. The van der Waals surface area contributed by atoms with Crippen molar-refractivity contribution in [1.82, 2.24) is 9.80 Å². The maximum atomic E-state index is 12.5. The van der Waals surface area contributed by atoms with E-state index in [-0.39, 0.29) is 6.04 Å². The highest BCUT2D eigenvalue weighted by Gasteiger charge is 2.31. The molecule has 4 nitrogen and oxygen atoms in total. The van der Waals surface area contributed by atoms with E-state index in [9.17, 15) is 4.79 Å². The molecule has 1 heterocycles. The molecular formula is C16H31N3O. The van der Waals surface area contributed by atoms with E-state index in [4.69, 9.17) is 5.73 Å². The van der Waals surface area contributed by atoms with Crippen molar-refractivity contribution in [3.05, 3.63) is 0 Å². The molecule has 0 radical (unpaired) electrons. The van der Waals surface area contributed by atoms with E-state index in [1.54, 1.807) is 0 Å². The molecule has 0 spiro atoms. The van der Waals surface area contributed by atoms with Gasteiger partial charge >= 0.3 is 0 Å². The van der Waals surface area contributed by atoms with E-state index in [1.807, 2.05) is 0 Å². The average molecular weight is 281 g/mol. The van der Waals surface area contributed by atoms with Crippen molar-refractivity contribution in [2.75, 3.05) is 26.2 Å². The Bertz CT molecular complexity index is 317. The number of carbonyl (C=O) groups is 1. The lowest BCUT2D eigenvalue weighted by molar-refractivity contribution is -0.131. The predicted octanol–water partition coefficient (Wildman–Crippen LogP) is 1.84. The minimum absolute atomic E-state index is 0.244. The van der Waals surface area contributed by atoms with Crippen molar-refractivity contribution in [1.29, 1.82) is 0 Å². The molecule has 1 aliphatic heterocycles. The van der Waals surface area contributed by atoms with Gasteiger partial charge in [0, 0.05) is 31.6 Å². The normalized spacial score (nSPS) is 31.0.